The monoisotopic (exact) mass is 369 g/mol. The van der Waals surface area contributed by atoms with Crippen molar-refractivity contribution in [2.45, 2.75) is 6.92 Å². The Labute approximate surface area is 156 Å². The zero-order valence-electron chi connectivity index (χ0n) is 15.1. The molecule has 0 aliphatic rings. The molecule has 0 aromatic heterocycles. The number of carbonyl (C=O) groups excluding carboxylic acids is 3. The molecule has 0 heterocycles. The summed E-state index contributed by atoms with van der Waals surface area (Å²) in [4.78, 5) is 35.5. The minimum Gasteiger partial charge on any atom is -0.493 e. The molecule has 2 aromatic carbocycles. The van der Waals surface area contributed by atoms with Gasteiger partial charge < -0.3 is 19.5 Å². The Bertz CT molecular complexity index is 873. The van der Waals surface area contributed by atoms with Crippen LogP contribution in [0.3, 0.4) is 0 Å². The summed E-state index contributed by atoms with van der Waals surface area (Å²) in [7, 11) is 2.64. The van der Waals surface area contributed by atoms with Gasteiger partial charge in [0.15, 0.2) is 11.5 Å². The Morgan fingerprint density at radius 2 is 1.67 bits per heavy atom. The van der Waals surface area contributed by atoms with Crippen molar-refractivity contribution >= 4 is 23.9 Å². The number of carbonyl (C=O) groups is 3. The molecule has 0 spiro atoms. The maximum atomic E-state index is 12.3. The predicted molar refractivity (Wildman–Crippen MR) is 98.2 cm³/mol. The lowest BCUT2D eigenvalue weighted by molar-refractivity contribution is -0.136. The van der Waals surface area contributed by atoms with E-state index >= 15 is 0 Å². The Morgan fingerprint density at radius 3 is 2.26 bits per heavy atom. The van der Waals surface area contributed by atoms with Gasteiger partial charge in [0.2, 0.25) is 0 Å². The minimum absolute atomic E-state index is 0.0476. The summed E-state index contributed by atoms with van der Waals surface area (Å²) in [6.45, 7) is 1.28. The molecule has 0 bridgehead atoms. The average Bonchev–Trinajstić information content (AvgIpc) is 2.68. The Morgan fingerprint density at radius 1 is 0.963 bits per heavy atom. The van der Waals surface area contributed by atoms with Crippen LogP contribution in [0.15, 0.2) is 54.2 Å². The highest BCUT2D eigenvalue weighted by Crippen LogP contribution is 2.29. The number of esters is 2. The first-order valence-corrected chi connectivity index (χ1v) is 7.97. The molecule has 2 aromatic rings. The number of amides is 1. The Hall–Kier alpha value is -3.61. The van der Waals surface area contributed by atoms with E-state index in [-0.39, 0.29) is 11.4 Å². The maximum absolute atomic E-state index is 12.3. The summed E-state index contributed by atoms with van der Waals surface area (Å²) in [5, 5.41) is 2.54. The van der Waals surface area contributed by atoms with Crippen molar-refractivity contribution in [3.8, 4) is 11.5 Å². The van der Waals surface area contributed by atoms with Gasteiger partial charge in [-0.2, -0.15) is 0 Å². The van der Waals surface area contributed by atoms with Gasteiger partial charge in [-0.3, -0.25) is 9.59 Å². The molecule has 2 rings (SSSR count). The lowest BCUT2D eigenvalue weighted by Gasteiger charge is -2.11. The number of ether oxygens (including phenoxy) is 3. The Kier molecular flexibility index (Phi) is 6.71. The van der Waals surface area contributed by atoms with Gasteiger partial charge in [-0.1, -0.05) is 24.3 Å². The molecule has 1 amide bonds. The van der Waals surface area contributed by atoms with Crippen LogP contribution in [-0.4, -0.2) is 32.1 Å². The van der Waals surface area contributed by atoms with E-state index in [2.05, 4.69) is 5.32 Å². The first-order chi connectivity index (χ1) is 12.9. The largest absolute Gasteiger partial charge is 0.493 e. The van der Waals surface area contributed by atoms with E-state index in [1.54, 1.807) is 42.5 Å². The van der Waals surface area contributed by atoms with Crippen LogP contribution in [0.1, 0.15) is 22.8 Å². The number of rotatable bonds is 6. The molecule has 7 heteroatoms. The molecule has 0 saturated carbocycles. The van der Waals surface area contributed by atoms with Gasteiger partial charge in [0.05, 0.1) is 14.2 Å². The lowest BCUT2D eigenvalue weighted by atomic mass is 10.1. The fourth-order valence-corrected chi connectivity index (χ4v) is 2.22. The van der Waals surface area contributed by atoms with E-state index in [9.17, 15) is 14.4 Å². The van der Waals surface area contributed by atoms with E-state index in [1.165, 1.54) is 33.3 Å². The molecule has 0 saturated heterocycles. The number of nitrogens with one attached hydrogen (secondary N) is 1. The summed E-state index contributed by atoms with van der Waals surface area (Å²) in [6, 6.07) is 13.2. The third kappa shape index (κ3) is 5.43. The van der Waals surface area contributed by atoms with Crippen LogP contribution in [-0.2, 0) is 14.3 Å². The molecule has 1 N–H and O–H groups in total. The molecule has 140 valence electrons. The fourth-order valence-electron chi connectivity index (χ4n) is 2.22. The van der Waals surface area contributed by atoms with E-state index in [0.29, 0.717) is 16.9 Å². The average molecular weight is 369 g/mol. The molecule has 0 aliphatic carbocycles. The van der Waals surface area contributed by atoms with Crippen LogP contribution in [0.2, 0.25) is 0 Å². The van der Waals surface area contributed by atoms with Crippen molar-refractivity contribution in [1.29, 1.82) is 0 Å². The van der Waals surface area contributed by atoms with Crippen LogP contribution >= 0.6 is 0 Å². The normalized spacial score (nSPS) is 10.7. The molecule has 0 fully saturated rings. The van der Waals surface area contributed by atoms with E-state index in [4.69, 9.17) is 14.2 Å². The van der Waals surface area contributed by atoms with Gasteiger partial charge in [0, 0.05) is 12.5 Å². The second-order valence-electron chi connectivity index (χ2n) is 5.37. The third-order valence-corrected chi connectivity index (χ3v) is 3.44. The maximum Gasteiger partial charge on any atom is 0.354 e. The molecule has 7 nitrogen and oxygen atoms in total. The lowest BCUT2D eigenvalue weighted by Crippen LogP contribution is -2.28. The van der Waals surface area contributed by atoms with Gasteiger partial charge in [-0.25, -0.2) is 4.79 Å². The predicted octanol–water partition coefficient (Wildman–Crippen LogP) is 2.56. The molecule has 0 aliphatic heterocycles. The number of benzene rings is 2. The standard InChI is InChI=1S/C20H19NO6/c1-13(22)27-17-10-9-14(12-18(17)25-2)11-16(20(24)26-3)21-19(23)15-7-5-4-6-8-15/h4-12H,1-3H3,(H,21,23). The van der Waals surface area contributed by atoms with Crippen molar-refractivity contribution < 1.29 is 28.6 Å². The quantitative estimate of drug-likeness (QED) is 0.478. The van der Waals surface area contributed by atoms with Crippen molar-refractivity contribution in [3.63, 3.8) is 0 Å². The summed E-state index contributed by atoms with van der Waals surface area (Å²) in [5.41, 5.74) is 0.889. The summed E-state index contributed by atoms with van der Waals surface area (Å²) in [6.07, 6.45) is 1.44. The molecular weight excluding hydrogens is 350 g/mol. The van der Waals surface area contributed by atoms with Gasteiger partial charge in [-0.15, -0.1) is 0 Å². The number of hydrogen-bond acceptors (Lipinski definition) is 6. The van der Waals surface area contributed by atoms with Crippen molar-refractivity contribution in [1.82, 2.24) is 5.32 Å². The molecular formula is C20H19NO6. The summed E-state index contributed by atoms with van der Waals surface area (Å²) >= 11 is 0. The van der Waals surface area contributed by atoms with Crippen LogP contribution < -0.4 is 14.8 Å². The number of methoxy groups -OCH3 is 2. The zero-order valence-corrected chi connectivity index (χ0v) is 15.1. The zero-order chi connectivity index (χ0) is 19.8. The van der Waals surface area contributed by atoms with Gasteiger partial charge >= 0.3 is 11.9 Å². The van der Waals surface area contributed by atoms with Gasteiger partial charge in [0.25, 0.3) is 5.91 Å². The molecule has 0 unspecified atom stereocenters. The summed E-state index contributed by atoms with van der Waals surface area (Å²) in [5.74, 6) is -1.09. The van der Waals surface area contributed by atoms with Crippen LogP contribution in [0, 0.1) is 0 Å². The van der Waals surface area contributed by atoms with Crippen molar-refractivity contribution in [3.05, 3.63) is 65.4 Å². The minimum atomic E-state index is -0.706. The van der Waals surface area contributed by atoms with Crippen LogP contribution in [0.4, 0.5) is 0 Å². The summed E-state index contributed by atoms with van der Waals surface area (Å²) < 4.78 is 15.0. The fraction of sp³-hybridized carbons (Fsp3) is 0.150. The highest BCUT2D eigenvalue weighted by Gasteiger charge is 2.15. The van der Waals surface area contributed by atoms with E-state index in [1.807, 2.05) is 0 Å². The SMILES string of the molecule is COC(=O)C(=Cc1ccc(OC(C)=O)c(OC)c1)NC(=O)c1ccccc1. The third-order valence-electron chi connectivity index (χ3n) is 3.44. The second kappa shape index (κ2) is 9.19. The second-order valence-corrected chi connectivity index (χ2v) is 5.37. The van der Waals surface area contributed by atoms with E-state index in [0.717, 1.165) is 0 Å². The van der Waals surface area contributed by atoms with Gasteiger partial charge in [-0.05, 0) is 35.9 Å². The van der Waals surface area contributed by atoms with Crippen LogP contribution in [0.5, 0.6) is 11.5 Å². The smallest absolute Gasteiger partial charge is 0.354 e. The molecule has 0 radical (unpaired) electrons. The van der Waals surface area contributed by atoms with Gasteiger partial charge in [0.1, 0.15) is 5.70 Å². The van der Waals surface area contributed by atoms with Crippen molar-refractivity contribution in [2.24, 2.45) is 0 Å². The Balaban J connectivity index is 2.33. The van der Waals surface area contributed by atoms with Crippen molar-refractivity contribution in [2.75, 3.05) is 14.2 Å². The number of hydrogen-bond donors (Lipinski definition) is 1. The first kappa shape index (κ1) is 19.7. The highest BCUT2D eigenvalue weighted by molar-refractivity contribution is 6.03. The van der Waals surface area contributed by atoms with Crippen LogP contribution in [0.25, 0.3) is 6.08 Å². The molecule has 27 heavy (non-hydrogen) atoms. The first-order valence-electron chi connectivity index (χ1n) is 7.97. The highest BCUT2D eigenvalue weighted by atomic mass is 16.6. The van der Waals surface area contributed by atoms with E-state index < -0.39 is 17.8 Å². The molecule has 0 atom stereocenters. The topological polar surface area (TPSA) is 90.9 Å².